The first kappa shape index (κ1) is 22.3. The van der Waals surface area contributed by atoms with Crippen LogP contribution in [0.3, 0.4) is 0 Å². The van der Waals surface area contributed by atoms with E-state index < -0.39 is 5.97 Å². The Morgan fingerprint density at radius 1 is 1.25 bits per heavy atom. The van der Waals surface area contributed by atoms with Gasteiger partial charge in [-0.1, -0.05) is 56.3 Å². The number of carbonyl (C=O) groups excluding carboxylic acids is 2. The number of aryl methyl sites for hydroxylation is 1. The highest BCUT2D eigenvalue weighted by Gasteiger charge is 2.34. The number of rotatable bonds is 5. The molecule has 1 aromatic carbocycles. The Morgan fingerprint density at radius 3 is 2.69 bits per heavy atom. The van der Waals surface area contributed by atoms with Crippen molar-refractivity contribution in [1.82, 2.24) is 5.16 Å². The maximum Gasteiger partial charge on any atom is 0.341 e. The van der Waals surface area contributed by atoms with Crippen LogP contribution in [-0.2, 0) is 17.6 Å². The lowest BCUT2D eigenvalue weighted by Crippen LogP contribution is -2.27. The molecule has 0 saturated carbocycles. The summed E-state index contributed by atoms with van der Waals surface area (Å²) in [7, 11) is 0. The molecule has 32 heavy (non-hydrogen) atoms. The van der Waals surface area contributed by atoms with E-state index in [4.69, 9.17) is 9.26 Å². The maximum absolute atomic E-state index is 13.2. The fourth-order valence-corrected chi connectivity index (χ4v) is 5.12. The zero-order valence-electron chi connectivity index (χ0n) is 18.9. The van der Waals surface area contributed by atoms with Gasteiger partial charge in [-0.3, -0.25) is 4.79 Å². The number of hydrogen-bond acceptors (Lipinski definition) is 6. The molecule has 3 aromatic rings. The summed E-state index contributed by atoms with van der Waals surface area (Å²) in [6.07, 6.45) is 2.56. The molecule has 1 aliphatic carbocycles. The molecule has 1 amide bonds. The lowest BCUT2D eigenvalue weighted by Gasteiger charge is -2.33. The SMILES string of the molecule is CCOC(=O)c1c(-c2ccccc2)csc1NC(=O)c1noc2c1CC(C(C)(C)C)CC2. The number of anilines is 1. The Kier molecular flexibility index (Phi) is 6.20. The van der Waals surface area contributed by atoms with E-state index in [1.165, 1.54) is 11.3 Å². The van der Waals surface area contributed by atoms with Crippen molar-refractivity contribution in [3.63, 3.8) is 0 Å². The maximum atomic E-state index is 13.2. The minimum atomic E-state index is -0.460. The van der Waals surface area contributed by atoms with Crippen LogP contribution < -0.4 is 5.32 Å². The van der Waals surface area contributed by atoms with Gasteiger partial charge in [0.15, 0.2) is 5.69 Å². The van der Waals surface area contributed by atoms with Gasteiger partial charge < -0.3 is 14.6 Å². The Balaban J connectivity index is 1.65. The van der Waals surface area contributed by atoms with Crippen LogP contribution in [0.1, 0.15) is 66.3 Å². The second-order valence-electron chi connectivity index (χ2n) is 9.13. The number of hydrogen-bond donors (Lipinski definition) is 1. The number of benzene rings is 1. The predicted octanol–water partition coefficient (Wildman–Crippen LogP) is 5.98. The lowest BCUT2D eigenvalue weighted by atomic mass is 9.71. The zero-order chi connectivity index (χ0) is 22.9. The van der Waals surface area contributed by atoms with Gasteiger partial charge in [-0.05, 0) is 36.7 Å². The highest BCUT2D eigenvalue weighted by molar-refractivity contribution is 7.15. The van der Waals surface area contributed by atoms with Crippen LogP contribution in [0.4, 0.5) is 5.00 Å². The standard InChI is InChI=1S/C25H28N2O4S/c1-5-30-24(29)20-18(15-9-7-6-8-10-15)14-32-23(20)26-22(28)21-17-13-16(25(2,3)4)11-12-19(17)31-27-21/h6-10,14,16H,5,11-13H2,1-4H3,(H,26,28). The molecule has 0 aliphatic heterocycles. The third-order valence-corrected chi connectivity index (χ3v) is 6.96. The third kappa shape index (κ3) is 4.35. The van der Waals surface area contributed by atoms with Crippen LogP contribution in [-0.4, -0.2) is 23.6 Å². The zero-order valence-corrected chi connectivity index (χ0v) is 19.7. The van der Waals surface area contributed by atoms with Gasteiger partial charge >= 0.3 is 5.97 Å². The number of aromatic nitrogens is 1. The summed E-state index contributed by atoms with van der Waals surface area (Å²) in [5.41, 5.74) is 3.31. The van der Waals surface area contributed by atoms with Crippen molar-refractivity contribution in [1.29, 1.82) is 0 Å². The molecule has 0 fully saturated rings. The molecular weight excluding hydrogens is 424 g/mol. The molecule has 0 spiro atoms. The summed E-state index contributed by atoms with van der Waals surface area (Å²) >= 11 is 1.30. The molecule has 1 unspecified atom stereocenters. The van der Waals surface area contributed by atoms with Gasteiger partial charge in [0.25, 0.3) is 5.91 Å². The fourth-order valence-electron chi connectivity index (χ4n) is 4.17. The Bertz CT molecular complexity index is 1120. The van der Waals surface area contributed by atoms with Gasteiger partial charge in [0.05, 0.1) is 6.61 Å². The highest BCUT2D eigenvalue weighted by atomic mass is 32.1. The van der Waals surface area contributed by atoms with E-state index >= 15 is 0 Å². The van der Waals surface area contributed by atoms with Crippen molar-refractivity contribution < 1.29 is 18.8 Å². The van der Waals surface area contributed by atoms with Gasteiger partial charge in [0, 0.05) is 22.9 Å². The molecule has 1 aliphatic rings. The average molecular weight is 453 g/mol. The number of thiophene rings is 1. The van der Waals surface area contributed by atoms with E-state index in [9.17, 15) is 9.59 Å². The number of nitrogens with one attached hydrogen (secondary N) is 1. The molecule has 2 aromatic heterocycles. The summed E-state index contributed by atoms with van der Waals surface area (Å²) in [5.74, 6) is 0.411. The first-order valence-corrected chi connectivity index (χ1v) is 11.8. The molecule has 0 bridgehead atoms. The Morgan fingerprint density at radius 2 is 2.00 bits per heavy atom. The van der Waals surface area contributed by atoms with Crippen LogP contribution >= 0.6 is 11.3 Å². The number of ether oxygens (including phenoxy) is 1. The van der Waals surface area contributed by atoms with Gasteiger partial charge in [-0.2, -0.15) is 0 Å². The van der Waals surface area contributed by atoms with Crippen LogP contribution in [0.5, 0.6) is 0 Å². The van der Waals surface area contributed by atoms with Crippen molar-refractivity contribution in [3.05, 3.63) is 58.3 Å². The number of fused-ring (bicyclic) bond motifs is 1. The molecule has 168 valence electrons. The van der Waals surface area contributed by atoms with Crippen LogP contribution in [0.15, 0.2) is 40.2 Å². The van der Waals surface area contributed by atoms with Crippen molar-refractivity contribution in [2.45, 2.75) is 47.0 Å². The van der Waals surface area contributed by atoms with Crippen molar-refractivity contribution >= 4 is 28.2 Å². The average Bonchev–Trinajstić information content (AvgIpc) is 3.37. The third-order valence-electron chi connectivity index (χ3n) is 6.06. The second-order valence-corrected chi connectivity index (χ2v) is 10.0. The van der Waals surface area contributed by atoms with Crippen LogP contribution in [0, 0.1) is 11.3 Å². The van der Waals surface area contributed by atoms with E-state index in [0.29, 0.717) is 22.2 Å². The number of esters is 1. The molecule has 4 rings (SSSR count). The van der Waals surface area contributed by atoms with E-state index in [1.807, 2.05) is 35.7 Å². The topological polar surface area (TPSA) is 81.4 Å². The highest BCUT2D eigenvalue weighted by Crippen LogP contribution is 2.39. The van der Waals surface area contributed by atoms with E-state index in [1.54, 1.807) is 6.92 Å². The van der Waals surface area contributed by atoms with Gasteiger partial charge in [0.1, 0.15) is 16.3 Å². The molecule has 1 N–H and O–H groups in total. The van der Waals surface area contributed by atoms with E-state index in [0.717, 1.165) is 41.7 Å². The Labute approximate surface area is 192 Å². The first-order valence-electron chi connectivity index (χ1n) is 10.9. The lowest BCUT2D eigenvalue weighted by molar-refractivity contribution is 0.0529. The van der Waals surface area contributed by atoms with Crippen LogP contribution in [0.25, 0.3) is 11.1 Å². The molecule has 1 atom stereocenters. The van der Waals surface area contributed by atoms with E-state index in [-0.39, 0.29) is 17.9 Å². The molecule has 0 saturated heterocycles. The van der Waals surface area contributed by atoms with Crippen LogP contribution in [0.2, 0.25) is 0 Å². The molecule has 0 radical (unpaired) electrons. The molecular formula is C25H28N2O4S. The summed E-state index contributed by atoms with van der Waals surface area (Å²) < 4.78 is 10.8. The molecule has 7 heteroatoms. The largest absolute Gasteiger partial charge is 0.462 e. The van der Waals surface area contributed by atoms with Gasteiger partial charge in [-0.25, -0.2) is 4.79 Å². The monoisotopic (exact) mass is 452 g/mol. The quantitative estimate of drug-likeness (QED) is 0.481. The summed E-state index contributed by atoms with van der Waals surface area (Å²) in [5, 5.41) is 9.31. The molecule has 2 heterocycles. The normalized spacial score (nSPS) is 15.8. The first-order chi connectivity index (χ1) is 15.3. The number of nitrogens with zero attached hydrogens (tertiary/aromatic N) is 1. The summed E-state index contributed by atoms with van der Waals surface area (Å²) in [6.45, 7) is 8.67. The number of carbonyl (C=O) groups is 2. The second kappa shape index (κ2) is 8.90. The number of amides is 1. The van der Waals surface area contributed by atoms with E-state index in [2.05, 4.69) is 31.2 Å². The van der Waals surface area contributed by atoms with Crippen molar-refractivity contribution in [3.8, 4) is 11.1 Å². The van der Waals surface area contributed by atoms with Gasteiger partial charge in [0.2, 0.25) is 0 Å². The van der Waals surface area contributed by atoms with Crippen molar-refractivity contribution in [2.24, 2.45) is 11.3 Å². The Hall–Kier alpha value is -2.93. The fraction of sp³-hybridized carbons (Fsp3) is 0.400. The van der Waals surface area contributed by atoms with Gasteiger partial charge in [-0.15, -0.1) is 11.3 Å². The molecule has 6 nitrogen and oxygen atoms in total. The minimum absolute atomic E-state index is 0.137. The summed E-state index contributed by atoms with van der Waals surface area (Å²) in [4.78, 5) is 26.0. The minimum Gasteiger partial charge on any atom is -0.462 e. The predicted molar refractivity (Wildman–Crippen MR) is 125 cm³/mol. The smallest absolute Gasteiger partial charge is 0.341 e. The van der Waals surface area contributed by atoms with Crippen molar-refractivity contribution in [2.75, 3.05) is 11.9 Å². The summed E-state index contributed by atoms with van der Waals surface area (Å²) in [6, 6.07) is 9.59.